The summed E-state index contributed by atoms with van der Waals surface area (Å²) in [7, 11) is 1.94. The number of nitrogens with one attached hydrogen (secondary N) is 1. The Balaban J connectivity index is 1.81. The first-order valence-corrected chi connectivity index (χ1v) is 7.20. The molecular weight excluding hydrogens is 254 g/mol. The van der Waals surface area contributed by atoms with Crippen molar-refractivity contribution < 1.29 is 4.79 Å². The Hall–Kier alpha value is -1.69. The highest BCUT2D eigenvalue weighted by atomic mass is 16.2. The van der Waals surface area contributed by atoms with E-state index in [0.717, 1.165) is 44.0 Å². The van der Waals surface area contributed by atoms with Crippen molar-refractivity contribution in [1.82, 2.24) is 19.8 Å². The molecule has 1 saturated heterocycles. The quantitative estimate of drug-likeness (QED) is 0.839. The summed E-state index contributed by atoms with van der Waals surface area (Å²) in [6.45, 7) is 5.74. The van der Waals surface area contributed by atoms with Crippen LogP contribution in [-0.2, 0) is 11.3 Å². The molecule has 1 N–H and O–H groups in total. The van der Waals surface area contributed by atoms with Crippen LogP contribution in [0.25, 0.3) is 0 Å². The first kappa shape index (κ1) is 14.7. The zero-order valence-electron chi connectivity index (χ0n) is 12.3. The van der Waals surface area contributed by atoms with Gasteiger partial charge in [-0.3, -0.25) is 14.7 Å². The van der Waals surface area contributed by atoms with E-state index in [9.17, 15) is 4.79 Å². The third-order valence-electron chi connectivity index (χ3n) is 3.36. The molecule has 6 nitrogen and oxygen atoms in total. The Kier molecular flexibility index (Phi) is 5.29. The molecule has 0 saturated carbocycles. The summed E-state index contributed by atoms with van der Waals surface area (Å²) in [5, 5.41) is 3.11. The van der Waals surface area contributed by atoms with Crippen molar-refractivity contribution in [1.29, 1.82) is 0 Å². The number of anilines is 1. The van der Waals surface area contributed by atoms with E-state index in [1.165, 1.54) is 0 Å². The first-order valence-electron chi connectivity index (χ1n) is 7.20. The number of carbonyl (C=O) groups excluding carboxylic acids is 1. The Morgan fingerprint density at radius 3 is 2.70 bits per heavy atom. The van der Waals surface area contributed by atoms with Gasteiger partial charge in [0.2, 0.25) is 5.91 Å². The molecule has 0 radical (unpaired) electrons. The number of amides is 1. The van der Waals surface area contributed by atoms with E-state index in [1.54, 1.807) is 12.4 Å². The highest BCUT2D eigenvalue weighted by Gasteiger charge is 2.19. The SMILES string of the molecule is CCNc1cnc(CN(C)CC(=O)N2CCCC2)cn1. The maximum atomic E-state index is 12.0. The summed E-state index contributed by atoms with van der Waals surface area (Å²) in [6.07, 6.45) is 5.75. The predicted octanol–water partition coefficient (Wildman–Crippen LogP) is 0.963. The molecule has 0 bridgehead atoms. The molecule has 1 aliphatic rings. The average Bonchev–Trinajstić information content (AvgIpc) is 2.95. The number of aromatic nitrogens is 2. The molecule has 1 aromatic heterocycles. The lowest BCUT2D eigenvalue weighted by molar-refractivity contribution is -0.131. The Labute approximate surface area is 120 Å². The molecular formula is C14H23N5O. The Morgan fingerprint density at radius 1 is 1.35 bits per heavy atom. The summed E-state index contributed by atoms with van der Waals surface area (Å²) in [5.41, 5.74) is 0.878. The van der Waals surface area contributed by atoms with Crippen LogP contribution in [0.3, 0.4) is 0 Å². The number of likely N-dealkylation sites (N-methyl/N-ethyl adjacent to an activating group) is 1. The molecule has 6 heteroatoms. The van der Waals surface area contributed by atoms with Gasteiger partial charge in [0.05, 0.1) is 24.6 Å². The van der Waals surface area contributed by atoms with Crippen LogP contribution in [0.5, 0.6) is 0 Å². The van der Waals surface area contributed by atoms with Crippen molar-refractivity contribution in [3.63, 3.8) is 0 Å². The van der Waals surface area contributed by atoms with Crippen molar-refractivity contribution >= 4 is 11.7 Å². The van der Waals surface area contributed by atoms with Gasteiger partial charge in [0.25, 0.3) is 0 Å². The van der Waals surface area contributed by atoms with Gasteiger partial charge in [0.1, 0.15) is 5.82 Å². The van der Waals surface area contributed by atoms with E-state index in [4.69, 9.17) is 0 Å². The highest BCUT2D eigenvalue weighted by molar-refractivity contribution is 5.78. The lowest BCUT2D eigenvalue weighted by Crippen LogP contribution is -2.37. The second kappa shape index (κ2) is 7.19. The number of carbonyl (C=O) groups is 1. The molecule has 1 aromatic rings. The molecule has 2 rings (SSSR count). The summed E-state index contributed by atoms with van der Waals surface area (Å²) in [6, 6.07) is 0. The van der Waals surface area contributed by atoms with Crippen LogP contribution in [0, 0.1) is 0 Å². The van der Waals surface area contributed by atoms with Crippen molar-refractivity contribution in [2.75, 3.05) is 38.5 Å². The number of likely N-dealkylation sites (tertiary alicyclic amines) is 1. The third kappa shape index (κ3) is 4.16. The zero-order chi connectivity index (χ0) is 14.4. The van der Waals surface area contributed by atoms with Crippen molar-refractivity contribution in [3.8, 4) is 0 Å². The largest absolute Gasteiger partial charge is 0.369 e. The van der Waals surface area contributed by atoms with Crippen molar-refractivity contribution in [2.45, 2.75) is 26.3 Å². The summed E-state index contributed by atoms with van der Waals surface area (Å²) in [4.78, 5) is 24.6. The molecule has 110 valence electrons. The van der Waals surface area contributed by atoms with Crippen LogP contribution < -0.4 is 5.32 Å². The molecule has 0 spiro atoms. The smallest absolute Gasteiger partial charge is 0.236 e. The van der Waals surface area contributed by atoms with Gasteiger partial charge in [-0.15, -0.1) is 0 Å². The Bertz CT molecular complexity index is 428. The zero-order valence-corrected chi connectivity index (χ0v) is 12.3. The predicted molar refractivity (Wildman–Crippen MR) is 78.3 cm³/mol. The fraction of sp³-hybridized carbons (Fsp3) is 0.643. The van der Waals surface area contributed by atoms with Crippen LogP contribution in [0.15, 0.2) is 12.4 Å². The van der Waals surface area contributed by atoms with Crippen molar-refractivity contribution in [3.05, 3.63) is 18.1 Å². The third-order valence-corrected chi connectivity index (χ3v) is 3.36. The Morgan fingerprint density at radius 2 is 2.10 bits per heavy atom. The summed E-state index contributed by atoms with van der Waals surface area (Å²) >= 11 is 0. The van der Waals surface area contributed by atoms with E-state index < -0.39 is 0 Å². The van der Waals surface area contributed by atoms with Crippen LogP contribution in [-0.4, -0.2) is 58.9 Å². The second-order valence-electron chi connectivity index (χ2n) is 5.18. The molecule has 2 heterocycles. The van der Waals surface area contributed by atoms with Gasteiger partial charge in [-0.1, -0.05) is 0 Å². The van der Waals surface area contributed by atoms with Crippen LogP contribution in [0.2, 0.25) is 0 Å². The van der Waals surface area contributed by atoms with Crippen molar-refractivity contribution in [2.24, 2.45) is 0 Å². The van der Waals surface area contributed by atoms with E-state index in [1.807, 2.05) is 23.8 Å². The number of rotatable bonds is 6. The molecule has 20 heavy (non-hydrogen) atoms. The van der Waals surface area contributed by atoms with E-state index >= 15 is 0 Å². The van der Waals surface area contributed by atoms with Gasteiger partial charge < -0.3 is 10.2 Å². The van der Waals surface area contributed by atoms with Crippen LogP contribution >= 0.6 is 0 Å². The molecule has 1 amide bonds. The minimum absolute atomic E-state index is 0.210. The molecule has 0 unspecified atom stereocenters. The van der Waals surface area contributed by atoms with E-state index in [2.05, 4.69) is 15.3 Å². The van der Waals surface area contributed by atoms with Gasteiger partial charge in [0, 0.05) is 26.2 Å². The van der Waals surface area contributed by atoms with Crippen LogP contribution in [0.4, 0.5) is 5.82 Å². The molecule has 1 fully saturated rings. The molecule has 0 aliphatic carbocycles. The fourth-order valence-electron chi connectivity index (χ4n) is 2.34. The average molecular weight is 277 g/mol. The van der Waals surface area contributed by atoms with Gasteiger partial charge in [0.15, 0.2) is 0 Å². The second-order valence-corrected chi connectivity index (χ2v) is 5.18. The standard InChI is InChI=1S/C14H23N5O/c1-3-15-13-9-16-12(8-17-13)10-18(2)11-14(20)19-6-4-5-7-19/h8-9H,3-7,10-11H2,1-2H3,(H,15,17). The molecule has 0 aromatic carbocycles. The lowest BCUT2D eigenvalue weighted by atomic mass is 10.4. The maximum absolute atomic E-state index is 12.0. The first-order chi connectivity index (χ1) is 9.69. The highest BCUT2D eigenvalue weighted by Crippen LogP contribution is 2.08. The van der Waals surface area contributed by atoms with Gasteiger partial charge in [-0.2, -0.15) is 0 Å². The lowest BCUT2D eigenvalue weighted by Gasteiger charge is -2.20. The monoisotopic (exact) mass is 277 g/mol. The van der Waals surface area contributed by atoms with Crippen LogP contribution in [0.1, 0.15) is 25.5 Å². The molecule has 0 atom stereocenters. The number of hydrogen-bond acceptors (Lipinski definition) is 5. The summed E-state index contributed by atoms with van der Waals surface area (Å²) < 4.78 is 0. The topological polar surface area (TPSA) is 61.4 Å². The fourth-order valence-corrected chi connectivity index (χ4v) is 2.34. The minimum Gasteiger partial charge on any atom is -0.369 e. The van der Waals surface area contributed by atoms with E-state index in [-0.39, 0.29) is 5.91 Å². The minimum atomic E-state index is 0.210. The number of hydrogen-bond donors (Lipinski definition) is 1. The number of nitrogens with zero attached hydrogens (tertiary/aromatic N) is 4. The maximum Gasteiger partial charge on any atom is 0.236 e. The molecule has 1 aliphatic heterocycles. The van der Waals surface area contributed by atoms with Gasteiger partial charge >= 0.3 is 0 Å². The van der Waals surface area contributed by atoms with E-state index in [0.29, 0.717) is 13.1 Å². The van der Waals surface area contributed by atoms with Gasteiger partial charge in [-0.05, 0) is 26.8 Å². The normalized spacial score (nSPS) is 14.8. The van der Waals surface area contributed by atoms with Gasteiger partial charge in [-0.25, -0.2) is 4.98 Å². The summed E-state index contributed by atoms with van der Waals surface area (Å²) in [5.74, 6) is 0.995.